The second-order valence-corrected chi connectivity index (χ2v) is 5.25. The zero-order valence-electron chi connectivity index (χ0n) is 12.3. The molecule has 1 nitrogen and oxygen atoms in total. The van der Waals surface area contributed by atoms with E-state index in [1.54, 1.807) is 0 Å². The molecule has 0 saturated heterocycles. The van der Waals surface area contributed by atoms with Crippen LogP contribution in [0.1, 0.15) is 16.7 Å². The van der Waals surface area contributed by atoms with Gasteiger partial charge >= 0.3 is 29.9 Å². The van der Waals surface area contributed by atoms with Gasteiger partial charge in [0.25, 0.3) is 0 Å². The number of benzene rings is 1. The molecular formula is C13H9F11O. The maximum atomic E-state index is 13.8. The standard InChI is InChI=1S/C13H9F11O/c1-5-3-7(4-6(2)8(5)25)9(14,15)10(16,17)11(18,19)12(20,21)13(22,23)24/h3-4,25H,1-2H3. The molecule has 12 heteroatoms. The molecule has 0 aliphatic rings. The van der Waals surface area contributed by atoms with Crippen molar-refractivity contribution in [2.75, 3.05) is 0 Å². The molecule has 1 N–H and O–H groups in total. The number of aromatic hydroxyl groups is 1. The predicted octanol–water partition coefficient (Wildman–Crippen LogP) is 5.57. The molecule has 0 heterocycles. The van der Waals surface area contributed by atoms with Gasteiger partial charge < -0.3 is 5.11 Å². The van der Waals surface area contributed by atoms with Gasteiger partial charge in [0, 0.05) is 5.56 Å². The van der Waals surface area contributed by atoms with Gasteiger partial charge in [0.15, 0.2) is 0 Å². The van der Waals surface area contributed by atoms with Crippen LogP contribution in [0.15, 0.2) is 12.1 Å². The highest BCUT2D eigenvalue weighted by Crippen LogP contribution is 2.59. The van der Waals surface area contributed by atoms with Gasteiger partial charge in [-0.25, -0.2) is 0 Å². The molecule has 0 radical (unpaired) electrons. The molecule has 144 valence electrons. The fourth-order valence-corrected chi connectivity index (χ4v) is 1.89. The summed E-state index contributed by atoms with van der Waals surface area (Å²) in [5.41, 5.74) is -2.96. The lowest BCUT2D eigenvalue weighted by Gasteiger charge is -2.37. The molecule has 0 fully saturated rings. The Morgan fingerprint density at radius 2 is 1.00 bits per heavy atom. The van der Waals surface area contributed by atoms with E-state index in [2.05, 4.69) is 0 Å². The zero-order chi connectivity index (χ0) is 20.2. The molecule has 0 bridgehead atoms. The summed E-state index contributed by atoms with van der Waals surface area (Å²) in [5, 5.41) is 9.35. The summed E-state index contributed by atoms with van der Waals surface area (Å²) >= 11 is 0. The first-order valence-corrected chi connectivity index (χ1v) is 6.21. The summed E-state index contributed by atoms with van der Waals surface area (Å²) in [6, 6.07) is 0.163. The fourth-order valence-electron chi connectivity index (χ4n) is 1.89. The van der Waals surface area contributed by atoms with Crippen LogP contribution in [0.2, 0.25) is 0 Å². The minimum absolute atomic E-state index is 0.0814. The number of hydrogen-bond donors (Lipinski definition) is 1. The first kappa shape index (κ1) is 21.3. The van der Waals surface area contributed by atoms with Gasteiger partial charge in [-0.1, -0.05) is 0 Å². The third kappa shape index (κ3) is 2.88. The van der Waals surface area contributed by atoms with Gasteiger partial charge in [0.1, 0.15) is 5.75 Å². The molecule has 0 unspecified atom stereocenters. The average Bonchev–Trinajstić information content (AvgIpc) is 2.42. The van der Waals surface area contributed by atoms with Crippen molar-refractivity contribution in [3.05, 3.63) is 28.8 Å². The number of halogens is 11. The third-order valence-corrected chi connectivity index (χ3v) is 3.39. The highest BCUT2D eigenvalue weighted by atomic mass is 19.4. The summed E-state index contributed by atoms with van der Waals surface area (Å²) < 4.78 is 143. The van der Waals surface area contributed by atoms with Crippen LogP contribution in [0.4, 0.5) is 48.3 Å². The zero-order valence-corrected chi connectivity index (χ0v) is 12.3. The Labute approximate surface area is 133 Å². The van der Waals surface area contributed by atoms with Crippen molar-refractivity contribution in [2.24, 2.45) is 0 Å². The molecule has 0 amide bonds. The van der Waals surface area contributed by atoms with E-state index in [4.69, 9.17) is 0 Å². The lowest BCUT2D eigenvalue weighted by atomic mass is 9.91. The van der Waals surface area contributed by atoms with Gasteiger partial charge in [-0.05, 0) is 37.1 Å². The van der Waals surface area contributed by atoms with Crippen molar-refractivity contribution in [1.82, 2.24) is 0 Å². The Hall–Kier alpha value is -1.75. The lowest BCUT2D eigenvalue weighted by Crippen LogP contribution is -2.65. The van der Waals surface area contributed by atoms with Crippen LogP contribution < -0.4 is 0 Å². The summed E-state index contributed by atoms with van der Waals surface area (Å²) in [6.45, 7) is 1.81. The largest absolute Gasteiger partial charge is 0.507 e. The van der Waals surface area contributed by atoms with E-state index in [1.807, 2.05) is 0 Å². The van der Waals surface area contributed by atoms with Gasteiger partial charge in [-0.2, -0.15) is 48.3 Å². The van der Waals surface area contributed by atoms with E-state index in [0.29, 0.717) is 0 Å². The van der Waals surface area contributed by atoms with Crippen molar-refractivity contribution >= 4 is 0 Å². The van der Waals surface area contributed by atoms with E-state index >= 15 is 0 Å². The van der Waals surface area contributed by atoms with Gasteiger partial charge in [-0.3, -0.25) is 0 Å². The number of alkyl halides is 11. The van der Waals surface area contributed by atoms with Crippen LogP contribution >= 0.6 is 0 Å². The van der Waals surface area contributed by atoms with Crippen LogP contribution in [0.3, 0.4) is 0 Å². The summed E-state index contributed by atoms with van der Waals surface area (Å²) in [5.74, 6) is -28.8. The Bertz CT molecular complexity index is 637. The Balaban J connectivity index is 3.60. The SMILES string of the molecule is Cc1cc(C(F)(F)C(F)(F)C(F)(F)C(F)(F)C(F)(F)F)cc(C)c1O. The van der Waals surface area contributed by atoms with Crippen LogP contribution in [0.25, 0.3) is 0 Å². The van der Waals surface area contributed by atoms with Crippen molar-refractivity contribution in [3.63, 3.8) is 0 Å². The Kier molecular flexibility index (Phi) is 4.79. The monoisotopic (exact) mass is 390 g/mol. The van der Waals surface area contributed by atoms with Crippen LogP contribution in [0, 0.1) is 13.8 Å². The second-order valence-electron chi connectivity index (χ2n) is 5.25. The Morgan fingerprint density at radius 3 is 1.32 bits per heavy atom. The number of hydrogen-bond acceptors (Lipinski definition) is 1. The van der Waals surface area contributed by atoms with Gasteiger partial charge in [0.05, 0.1) is 0 Å². The molecule has 0 aliphatic heterocycles. The fraction of sp³-hybridized carbons (Fsp3) is 0.538. The predicted molar refractivity (Wildman–Crippen MR) is 62.4 cm³/mol. The van der Waals surface area contributed by atoms with E-state index < -0.39 is 52.3 Å². The molecule has 1 aromatic carbocycles. The van der Waals surface area contributed by atoms with Crippen LogP contribution in [0.5, 0.6) is 5.75 Å². The molecule has 0 spiro atoms. The molecule has 0 atom stereocenters. The van der Waals surface area contributed by atoms with Crippen molar-refractivity contribution < 1.29 is 53.4 Å². The maximum Gasteiger partial charge on any atom is 0.460 e. The maximum absolute atomic E-state index is 13.8. The van der Waals surface area contributed by atoms with Gasteiger partial charge in [0.2, 0.25) is 0 Å². The van der Waals surface area contributed by atoms with Crippen LogP contribution in [-0.2, 0) is 5.92 Å². The van der Waals surface area contributed by atoms with E-state index in [9.17, 15) is 53.4 Å². The molecule has 1 aromatic rings. The van der Waals surface area contributed by atoms with E-state index in [0.717, 1.165) is 13.8 Å². The molecule has 0 aliphatic carbocycles. The topological polar surface area (TPSA) is 20.2 Å². The molecule has 0 saturated carbocycles. The molecule has 1 rings (SSSR count). The van der Waals surface area contributed by atoms with Crippen LogP contribution in [-0.4, -0.2) is 29.1 Å². The Morgan fingerprint density at radius 1 is 0.640 bits per heavy atom. The number of rotatable bonds is 4. The van der Waals surface area contributed by atoms with Crippen molar-refractivity contribution in [3.8, 4) is 5.75 Å². The average molecular weight is 390 g/mol. The lowest BCUT2D eigenvalue weighted by molar-refractivity contribution is -0.424. The third-order valence-electron chi connectivity index (χ3n) is 3.39. The number of aryl methyl sites for hydroxylation is 2. The highest BCUT2D eigenvalue weighted by Gasteiger charge is 2.87. The smallest absolute Gasteiger partial charge is 0.460 e. The molecule has 25 heavy (non-hydrogen) atoms. The normalized spacial score (nSPS) is 14.8. The van der Waals surface area contributed by atoms with E-state index in [-0.39, 0.29) is 12.1 Å². The minimum atomic E-state index is -7.46. The highest BCUT2D eigenvalue weighted by molar-refractivity contribution is 5.44. The van der Waals surface area contributed by atoms with E-state index in [1.165, 1.54) is 0 Å². The van der Waals surface area contributed by atoms with Gasteiger partial charge in [-0.15, -0.1) is 0 Å². The summed E-state index contributed by atoms with van der Waals surface area (Å²) in [7, 11) is 0. The number of phenolic OH excluding ortho intramolecular Hbond substituents is 1. The molecule has 0 aromatic heterocycles. The molecular weight excluding hydrogens is 381 g/mol. The van der Waals surface area contributed by atoms with Crippen molar-refractivity contribution in [1.29, 1.82) is 0 Å². The van der Waals surface area contributed by atoms with Crippen molar-refractivity contribution in [2.45, 2.75) is 43.7 Å². The first-order chi connectivity index (χ1) is 10.8. The first-order valence-electron chi connectivity index (χ1n) is 6.21. The second kappa shape index (κ2) is 5.63. The summed E-state index contributed by atoms with van der Waals surface area (Å²) in [4.78, 5) is 0. The summed E-state index contributed by atoms with van der Waals surface area (Å²) in [6.07, 6.45) is -7.20. The quantitative estimate of drug-likeness (QED) is 0.667. The number of phenols is 1. The minimum Gasteiger partial charge on any atom is -0.507 e.